The van der Waals surface area contributed by atoms with Gasteiger partial charge in [-0.25, -0.2) is 0 Å². The van der Waals surface area contributed by atoms with Gasteiger partial charge < -0.3 is 4.74 Å². The molecule has 0 aromatic rings. The average Bonchev–Trinajstić information content (AvgIpc) is 2.68. The van der Waals surface area contributed by atoms with Crippen LogP contribution in [0.3, 0.4) is 0 Å². The van der Waals surface area contributed by atoms with Gasteiger partial charge in [0.2, 0.25) is 0 Å². The van der Waals surface area contributed by atoms with Crippen molar-refractivity contribution >= 4 is 15.9 Å². The molecular formula is C17H29BrO. The van der Waals surface area contributed by atoms with Gasteiger partial charge in [0, 0.05) is 10.2 Å². The summed E-state index contributed by atoms with van der Waals surface area (Å²) in [5.41, 5.74) is 0.494. The number of hydrogen-bond donors (Lipinski definition) is 0. The molecule has 3 saturated carbocycles. The van der Waals surface area contributed by atoms with Crippen molar-refractivity contribution in [3.05, 3.63) is 0 Å². The van der Waals surface area contributed by atoms with E-state index in [0.717, 1.165) is 10.7 Å². The monoisotopic (exact) mass is 328 g/mol. The Morgan fingerprint density at radius 2 is 1.63 bits per heavy atom. The molecule has 4 unspecified atom stereocenters. The fourth-order valence-corrected chi connectivity index (χ4v) is 5.70. The van der Waals surface area contributed by atoms with Crippen molar-refractivity contribution in [1.82, 2.24) is 0 Å². The van der Waals surface area contributed by atoms with Crippen molar-refractivity contribution in [2.24, 2.45) is 11.3 Å². The third kappa shape index (κ3) is 2.77. The first-order valence-electron chi connectivity index (χ1n) is 8.52. The third-order valence-electron chi connectivity index (χ3n) is 6.09. The number of rotatable bonds is 2. The molecule has 1 spiro atoms. The predicted molar refractivity (Wildman–Crippen MR) is 83.8 cm³/mol. The second-order valence-corrected chi connectivity index (χ2v) is 8.38. The molecule has 4 atom stereocenters. The van der Waals surface area contributed by atoms with Crippen LogP contribution in [0, 0.1) is 11.3 Å². The summed E-state index contributed by atoms with van der Waals surface area (Å²) >= 11 is 3.95. The molecule has 0 radical (unpaired) electrons. The van der Waals surface area contributed by atoms with E-state index in [9.17, 15) is 0 Å². The Labute approximate surface area is 127 Å². The predicted octanol–water partition coefficient (Wildman–Crippen LogP) is 5.46. The lowest BCUT2D eigenvalue weighted by atomic mass is 9.61. The SMILES string of the molecule is CC1CCCCC1OC1CC(Br)C12CCCCCC2. The van der Waals surface area contributed by atoms with E-state index in [0.29, 0.717) is 17.6 Å². The summed E-state index contributed by atoms with van der Waals surface area (Å²) in [7, 11) is 0. The van der Waals surface area contributed by atoms with Crippen LogP contribution in [0.4, 0.5) is 0 Å². The largest absolute Gasteiger partial charge is 0.374 e. The first kappa shape index (κ1) is 14.4. The van der Waals surface area contributed by atoms with Gasteiger partial charge in [-0.3, -0.25) is 0 Å². The third-order valence-corrected chi connectivity index (χ3v) is 7.38. The van der Waals surface area contributed by atoms with Crippen molar-refractivity contribution in [1.29, 1.82) is 0 Å². The Morgan fingerprint density at radius 1 is 0.947 bits per heavy atom. The highest BCUT2D eigenvalue weighted by atomic mass is 79.9. The number of ether oxygens (including phenoxy) is 1. The minimum Gasteiger partial charge on any atom is -0.374 e. The van der Waals surface area contributed by atoms with Crippen LogP contribution in [0.15, 0.2) is 0 Å². The van der Waals surface area contributed by atoms with Gasteiger partial charge in [0.15, 0.2) is 0 Å². The Hall–Kier alpha value is 0.440. The number of halogens is 1. The molecule has 3 fully saturated rings. The zero-order chi connectivity index (χ0) is 13.3. The molecule has 0 bridgehead atoms. The fraction of sp³-hybridized carbons (Fsp3) is 1.00. The van der Waals surface area contributed by atoms with Crippen LogP contribution in [0.1, 0.15) is 77.6 Å². The molecule has 0 amide bonds. The van der Waals surface area contributed by atoms with Gasteiger partial charge in [0.25, 0.3) is 0 Å². The summed E-state index contributed by atoms with van der Waals surface area (Å²) in [6, 6.07) is 0. The topological polar surface area (TPSA) is 9.23 Å². The summed E-state index contributed by atoms with van der Waals surface area (Å²) in [5.74, 6) is 0.783. The zero-order valence-electron chi connectivity index (χ0n) is 12.4. The first-order valence-corrected chi connectivity index (χ1v) is 9.43. The standard InChI is InChI=1S/C17H29BrO/c1-13-8-4-5-9-14(13)19-16-12-15(18)17(16)10-6-2-3-7-11-17/h13-16H,2-12H2,1H3. The van der Waals surface area contributed by atoms with Crippen LogP contribution < -0.4 is 0 Å². The van der Waals surface area contributed by atoms with Crippen molar-refractivity contribution in [2.45, 2.75) is 94.6 Å². The van der Waals surface area contributed by atoms with Gasteiger partial charge in [0.05, 0.1) is 12.2 Å². The summed E-state index contributed by atoms with van der Waals surface area (Å²) in [6.07, 6.45) is 16.4. The van der Waals surface area contributed by atoms with E-state index in [1.807, 2.05) is 0 Å². The Balaban J connectivity index is 1.63. The molecule has 110 valence electrons. The molecule has 0 aromatic carbocycles. The van der Waals surface area contributed by atoms with Crippen LogP contribution in [0.2, 0.25) is 0 Å². The smallest absolute Gasteiger partial charge is 0.0656 e. The van der Waals surface area contributed by atoms with E-state index in [1.54, 1.807) is 0 Å². The minimum atomic E-state index is 0.494. The Morgan fingerprint density at radius 3 is 2.26 bits per heavy atom. The maximum absolute atomic E-state index is 6.63. The van der Waals surface area contributed by atoms with Gasteiger partial charge in [-0.2, -0.15) is 0 Å². The molecule has 3 aliphatic carbocycles. The van der Waals surface area contributed by atoms with Crippen LogP contribution in [0.5, 0.6) is 0 Å². The summed E-state index contributed by atoms with van der Waals surface area (Å²) in [6.45, 7) is 2.40. The molecule has 0 saturated heterocycles. The van der Waals surface area contributed by atoms with Gasteiger partial charge in [0.1, 0.15) is 0 Å². The van der Waals surface area contributed by atoms with Gasteiger partial charge in [-0.15, -0.1) is 0 Å². The summed E-state index contributed by atoms with van der Waals surface area (Å²) < 4.78 is 6.63. The maximum atomic E-state index is 6.63. The van der Waals surface area contributed by atoms with Crippen LogP contribution in [-0.2, 0) is 4.74 Å². The second kappa shape index (κ2) is 6.05. The van der Waals surface area contributed by atoms with Crippen LogP contribution >= 0.6 is 15.9 Å². The number of alkyl halides is 1. The molecule has 0 heterocycles. The summed E-state index contributed by atoms with van der Waals surface area (Å²) in [4.78, 5) is 0.724. The molecule has 0 N–H and O–H groups in total. The Bertz CT molecular complexity index is 296. The molecule has 3 aliphatic rings. The fourth-order valence-electron chi connectivity index (χ4n) is 4.61. The van der Waals surface area contributed by atoms with Gasteiger partial charge in [-0.1, -0.05) is 61.4 Å². The van der Waals surface area contributed by atoms with E-state index in [2.05, 4.69) is 22.9 Å². The van der Waals surface area contributed by atoms with Gasteiger partial charge in [-0.05, 0) is 38.0 Å². The highest BCUT2D eigenvalue weighted by molar-refractivity contribution is 9.09. The molecule has 0 aliphatic heterocycles. The first-order chi connectivity index (χ1) is 9.22. The molecule has 1 nitrogen and oxygen atoms in total. The molecular weight excluding hydrogens is 300 g/mol. The maximum Gasteiger partial charge on any atom is 0.0656 e. The number of hydrogen-bond acceptors (Lipinski definition) is 1. The van der Waals surface area contributed by atoms with Crippen molar-refractivity contribution in [2.75, 3.05) is 0 Å². The van der Waals surface area contributed by atoms with Crippen molar-refractivity contribution in [3.8, 4) is 0 Å². The van der Waals surface area contributed by atoms with E-state index in [1.165, 1.54) is 70.6 Å². The van der Waals surface area contributed by atoms with Crippen molar-refractivity contribution < 1.29 is 4.74 Å². The highest BCUT2D eigenvalue weighted by Gasteiger charge is 2.54. The van der Waals surface area contributed by atoms with E-state index in [-0.39, 0.29) is 0 Å². The summed E-state index contributed by atoms with van der Waals surface area (Å²) in [5, 5.41) is 0. The molecule has 0 aromatic heterocycles. The second-order valence-electron chi connectivity index (χ2n) is 7.28. The van der Waals surface area contributed by atoms with E-state index in [4.69, 9.17) is 4.74 Å². The highest BCUT2D eigenvalue weighted by Crippen LogP contribution is 2.56. The lowest BCUT2D eigenvalue weighted by molar-refractivity contribution is -0.161. The molecule has 3 rings (SSSR count). The van der Waals surface area contributed by atoms with Crippen LogP contribution in [-0.4, -0.2) is 17.0 Å². The molecule has 2 heteroatoms. The lowest BCUT2D eigenvalue weighted by Crippen LogP contribution is -2.56. The van der Waals surface area contributed by atoms with Crippen molar-refractivity contribution in [3.63, 3.8) is 0 Å². The van der Waals surface area contributed by atoms with E-state index >= 15 is 0 Å². The average molecular weight is 329 g/mol. The molecule has 19 heavy (non-hydrogen) atoms. The Kier molecular flexibility index (Phi) is 4.58. The lowest BCUT2D eigenvalue weighted by Gasteiger charge is -2.55. The quantitative estimate of drug-likeness (QED) is 0.611. The normalized spacial score (nSPS) is 42.6. The van der Waals surface area contributed by atoms with E-state index < -0.39 is 0 Å². The van der Waals surface area contributed by atoms with Gasteiger partial charge >= 0.3 is 0 Å². The zero-order valence-corrected chi connectivity index (χ0v) is 14.0. The minimum absolute atomic E-state index is 0.494. The van der Waals surface area contributed by atoms with Crippen LogP contribution in [0.25, 0.3) is 0 Å².